The van der Waals surface area contributed by atoms with Crippen LogP contribution in [0.2, 0.25) is 0 Å². The van der Waals surface area contributed by atoms with Crippen molar-refractivity contribution in [2.75, 3.05) is 0 Å². The van der Waals surface area contributed by atoms with Crippen molar-refractivity contribution >= 4 is 88.0 Å². The number of nitrogens with zero attached hydrogens (tertiary/aromatic N) is 10. The Hall–Kier alpha value is -14.8. The highest BCUT2D eigenvalue weighted by Gasteiger charge is 2.27. The summed E-state index contributed by atoms with van der Waals surface area (Å²) in [5.41, 5.74) is 20.5. The molecule has 106 heavy (non-hydrogen) atoms. The molecule has 494 valence electrons. The van der Waals surface area contributed by atoms with E-state index in [4.69, 9.17) is 67.5 Å². The first-order valence-electron chi connectivity index (χ1n) is 34.8. The maximum Gasteiger partial charge on any atom is 0.180 e. The first-order chi connectivity index (χ1) is 52.5. The Labute approximate surface area is 603 Å². The molecule has 8 aromatic heterocycles. The Morgan fingerprint density at radius 1 is 0.170 bits per heavy atom. The van der Waals surface area contributed by atoms with Crippen LogP contribution in [0.1, 0.15) is 0 Å². The predicted molar refractivity (Wildman–Crippen MR) is 419 cm³/mol. The molecular formula is C92H52N10O4. The lowest BCUT2D eigenvalue weighted by Crippen LogP contribution is -2.00. The van der Waals surface area contributed by atoms with Gasteiger partial charge in [-0.15, -0.1) is 0 Å². The van der Waals surface area contributed by atoms with Crippen molar-refractivity contribution in [3.63, 3.8) is 0 Å². The third kappa shape index (κ3) is 10.2. The van der Waals surface area contributed by atoms with Gasteiger partial charge in [-0.1, -0.05) is 261 Å². The molecule has 0 aliphatic carbocycles. The molecule has 21 aromatic rings. The van der Waals surface area contributed by atoms with Crippen molar-refractivity contribution in [3.8, 4) is 136 Å². The highest BCUT2D eigenvalue weighted by Crippen LogP contribution is 2.46. The van der Waals surface area contributed by atoms with Crippen LogP contribution in [0.15, 0.2) is 333 Å². The van der Waals surface area contributed by atoms with Gasteiger partial charge < -0.3 is 17.7 Å². The lowest BCUT2D eigenvalue weighted by Gasteiger charge is -2.11. The number of furan rings is 4. The van der Waals surface area contributed by atoms with Gasteiger partial charge in [-0.05, 0) is 76.9 Å². The van der Waals surface area contributed by atoms with E-state index in [1.54, 1.807) is 0 Å². The van der Waals surface area contributed by atoms with E-state index in [-0.39, 0.29) is 0 Å². The van der Waals surface area contributed by atoms with Crippen molar-refractivity contribution in [2.24, 2.45) is 0 Å². The Morgan fingerprint density at radius 2 is 0.462 bits per heavy atom. The predicted octanol–water partition coefficient (Wildman–Crippen LogP) is 23.2. The molecular weight excluding hydrogens is 1310 g/mol. The summed E-state index contributed by atoms with van der Waals surface area (Å²) in [5.74, 6) is 4.26. The van der Waals surface area contributed by atoms with Crippen molar-refractivity contribution in [3.05, 3.63) is 315 Å². The lowest BCUT2D eigenvalue weighted by molar-refractivity contribution is 0.666. The SMILES string of the molecule is c1ccc(-c2nc(-c3ccccc3)nc(-c3cccc4oc5c(-c6nc(-c7ccc(-c8ccc(-c9cccc(-c%10nc(-c%11ccccc%11)nc(-c%11cccc%12oc%13c(-c%14nc(-c%15ccccc%15)c%15oc%16ccccc%16c%15n%14)cccc%13c%11%12)n%10)c9)cc8)cc7)c7oc8ccccc8c7n6)cccc5c34)n2)cc1. The molecule has 0 fully saturated rings. The van der Waals surface area contributed by atoms with E-state index < -0.39 is 0 Å². The number of para-hydroxylation sites is 4. The van der Waals surface area contributed by atoms with E-state index >= 15 is 0 Å². The van der Waals surface area contributed by atoms with Gasteiger partial charge in [0.05, 0.1) is 11.1 Å². The topological polar surface area (TPSA) is 181 Å². The van der Waals surface area contributed by atoms with Crippen LogP contribution in [0, 0.1) is 0 Å². The second-order valence-electron chi connectivity index (χ2n) is 26.1. The Balaban J connectivity index is 0.611. The zero-order valence-electron chi connectivity index (χ0n) is 56.1. The molecule has 8 heterocycles. The first kappa shape index (κ1) is 60.0. The van der Waals surface area contributed by atoms with Crippen LogP contribution in [-0.2, 0) is 0 Å². The third-order valence-corrected chi connectivity index (χ3v) is 19.7. The molecule has 0 amide bonds. The number of benzene rings is 13. The van der Waals surface area contributed by atoms with Crippen LogP contribution in [0.3, 0.4) is 0 Å². The largest absolute Gasteiger partial charge is 0.455 e. The standard InChI is InChI=1S/C92H52N10O4/c1-5-22-56(23-6-1)77-83-79(63-32-13-15-40-71(63)103-83)95-91(93-77)69-38-18-35-66-76-68(37-21-43-74(76)106-81(66)69)90-101-87(60-28-11-4-12-29-60)98-88(102-90)62-31-17-30-61(52-62)55-46-44-53(45-47-55)54-48-50-57(51-49-54)78-84-80(64-33-14-16-41-72(64)104-84)96-92(94-78)70-39-19-34-65-75-67(36-20-42-73(75)105-82(65)70)89-99-85(58-24-7-2-8-25-58)97-86(100-89)59-26-9-3-10-27-59/h1-52H. The van der Waals surface area contributed by atoms with Crippen LogP contribution in [0.25, 0.3) is 224 Å². The minimum atomic E-state index is 0.494. The maximum atomic E-state index is 6.89. The van der Waals surface area contributed by atoms with Crippen molar-refractivity contribution < 1.29 is 17.7 Å². The smallest absolute Gasteiger partial charge is 0.180 e. The molecule has 0 unspecified atom stereocenters. The molecule has 13 aromatic carbocycles. The molecule has 21 rings (SSSR count). The molecule has 0 saturated heterocycles. The van der Waals surface area contributed by atoms with E-state index in [9.17, 15) is 0 Å². The van der Waals surface area contributed by atoms with Gasteiger partial charge in [0.25, 0.3) is 0 Å². The van der Waals surface area contributed by atoms with Gasteiger partial charge >= 0.3 is 0 Å². The zero-order chi connectivity index (χ0) is 69.8. The van der Waals surface area contributed by atoms with E-state index in [2.05, 4.69) is 78.9 Å². The minimum Gasteiger partial charge on any atom is -0.455 e. The summed E-state index contributed by atoms with van der Waals surface area (Å²) < 4.78 is 26.9. The Morgan fingerprint density at radius 3 is 0.915 bits per heavy atom. The minimum absolute atomic E-state index is 0.494. The molecule has 0 spiro atoms. The lowest BCUT2D eigenvalue weighted by atomic mass is 9.98. The highest BCUT2D eigenvalue weighted by atomic mass is 16.3. The summed E-state index contributed by atoms with van der Waals surface area (Å²) >= 11 is 0. The summed E-state index contributed by atoms with van der Waals surface area (Å²) in [7, 11) is 0. The van der Waals surface area contributed by atoms with Crippen molar-refractivity contribution in [1.29, 1.82) is 0 Å². The normalized spacial score (nSPS) is 11.8. The molecule has 14 heteroatoms. The number of hydrogen-bond donors (Lipinski definition) is 0. The van der Waals surface area contributed by atoms with Gasteiger partial charge in [0.1, 0.15) is 55.9 Å². The van der Waals surface area contributed by atoms with Gasteiger partial charge in [-0.25, -0.2) is 49.8 Å². The second kappa shape index (κ2) is 24.5. The first-order valence-corrected chi connectivity index (χ1v) is 34.8. The molecule has 0 bridgehead atoms. The fourth-order valence-electron chi connectivity index (χ4n) is 14.6. The Bertz CT molecular complexity index is 7000. The summed E-state index contributed by atoms with van der Waals surface area (Å²) in [4.78, 5) is 52.0. The summed E-state index contributed by atoms with van der Waals surface area (Å²) in [6.07, 6.45) is 0. The fraction of sp³-hybridized carbons (Fsp3) is 0. The highest BCUT2D eigenvalue weighted by molar-refractivity contribution is 6.17. The summed E-state index contributed by atoms with van der Waals surface area (Å²) in [6.45, 7) is 0. The van der Waals surface area contributed by atoms with Crippen LogP contribution in [0.4, 0.5) is 0 Å². The van der Waals surface area contributed by atoms with Crippen LogP contribution < -0.4 is 0 Å². The van der Waals surface area contributed by atoms with E-state index in [1.807, 2.05) is 237 Å². The molecule has 0 atom stereocenters. The molecule has 14 nitrogen and oxygen atoms in total. The number of fused-ring (bicyclic) bond motifs is 12. The fourth-order valence-corrected chi connectivity index (χ4v) is 14.6. The number of rotatable bonds is 12. The number of hydrogen-bond acceptors (Lipinski definition) is 14. The molecule has 0 saturated carbocycles. The average molecular weight is 1360 g/mol. The van der Waals surface area contributed by atoms with Crippen LogP contribution in [-0.4, -0.2) is 49.8 Å². The van der Waals surface area contributed by atoms with Crippen molar-refractivity contribution in [1.82, 2.24) is 49.8 Å². The van der Waals surface area contributed by atoms with Gasteiger partial charge in [-0.2, -0.15) is 0 Å². The van der Waals surface area contributed by atoms with Gasteiger partial charge in [0, 0.05) is 76.8 Å². The monoisotopic (exact) mass is 1360 g/mol. The van der Waals surface area contributed by atoms with Gasteiger partial charge in [0.2, 0.25) is 0 Å². The van der Waals surface area contributed by atoms with Crippen LogP contribution >= 0.6 is 0 Å². The maximum absolute atomic E-state index is 6.89. The quantitative estimate of drug-likeness (QED) is 0.113. The van der Waals surface area contributed by atoms with E-state index in [0.29, 0.717) is 103 Å². The third-order valence-electron chi connectivity index (χ3n) is 19.7. The summed E-state index contributed by atoms with van der Waals surface area (Å²) in [6, 6.07) is 106. The van der Waals surface area contributed by atoms with Gasteiger partial charge in [-0.3, -0.25) is 0 Å². The number of aromatic nitrogens is 10. The van der Waals surface area contributed by atoms with Crippen LogP contribution in [0.5, 0.6) is 0 Å². The zero-order valence-corrected chi connectivity index (χ0v) is 56.1. The van der Waals surface area contributed by atoms with E-state index in [0.717, 1.165) is 121 Å². The molecule has 0 aliphatic rings. The molecule has 0 N–H and O–H groups in total. The second-order valence-corrected chi connectivity index (χ2v) is 26.1. The van der Waals surface area contributed by atoms with Crippen molar-refractivity contribution in [2.45, 2.75) is 0 Å². The Kier molecular flexibility index (Phi) is 13.9. The average Bonchev–Trinajstić information content (AvgIpc) is 1.58. The molecule has 0 aliphatic heterocycles. The summed E-state index contributed by atoms with van der Waals surface area (Å²) in [5, 5.41) is 5.28. The van der Waals surface area contributed by atoms with E-state index in [1.165, 1.54) is 0 Å². The molecule has 0 radical (unpaired) electrons. The van der Waals surface area contributed by atoms with Gasteiger partial charge in [0.15, 0.2) is 57.8 Å².